The third kappa shape index (κ3) is 7.65. The van der Waals surface area contributed by atoms with Crippen LogP contribution in [0.15, 0.2) is 48.5 Å². The van der Waals surface area contributed by atoms with Crippen LogP contribution in [0.3, 0.4) is 0 Å². The Morgan fingerprint density at radius 2 is 1.24 bits per heavy atom. The van der Waals surface area contributed by atoms with Gasteiger partial charge in [-0.25, -0.2) is 0 Å². The number of ether oxygens (including phenoxy) is 1. The average Bonchev–Trinajstić information content (AvgIpc) is 2.93. The Labute approximate surface area is 224 Å². The van der Waals surface area contributed by atoms with Gasteiger partial charge in [-0.15, -0.1) is 0 Å². The molecule has 1 atom stereocenters. The van der Waals surface area contributed by atoms with Crippen molar-refractivity contribution < 1.29 is 13.5 Å². The highest BCUT2D eigenvalue weighted by Gasteiger charge is 2.35. The second-order valence-electron chi connectivity index (χ2n) is 11.9. The van der Waals surface area contributed by atoms with Crippen LogP contribution in [0, 0.1) is 11.8 Å². The maximum Gasteiger partial charge on any atom is 0.383 e. The molecule has 0 spiro atoms. The zero-order valence-corrected chi connectivity index (χ0v) is 23.4. The Morgan fingerprint density at radius 3 is 1.76 bits per heavy atom. The van der Waals surface area contributed by atoms with E-state index >= 15 is 8.78 Å². The van der Waals surface area contributed by atoms with Crippen LogP contribution >= 0.6 is 0 Å². The maximum atomic E-state index is 15.1. The quantitative estimate of drug-likeness (QED) is 0.273. The topological polar surface area (TPSA) is 9.23 Å². The van der Waals surface area contributed by atoms with Gasteiger partial charge in [-0.3, -0.25) is 0 Å². The predicted octanol–water partition coefficient (Wildman–Crippen LogP) is 11.1. The summed E-state index contributed by atoms with van der Waals surface area (Å²) in [7, 11) is 0. The van der Waals surface area contributed by atoms with Gasteiger partial charge in [-0.2, -0.15) is 8.78 Å². The molecular formula is C34H48F2O. The van der Waals surface area contributed by atoms with Crippen LogP contribution in [0.1, 0.15) is 144 Å². The van der Waals surface area contributed by atoms with E-state index in [1.54, 1.807) is 19.1 Å². The van der Waals surface area contributed by atoms with Crippen molar-refractivity contribution in [2.45, 2.75) is 128 Å². The number of hydrogen-bond donors (Lipinski definition) is 0. The first-order valence-electron chi connectivity index (χ1n) is 15.2. The molecule has 2 saturated carbocycles. The first-order valence-corrected chi connectivity index (χ1v) is 15.2. The minimum absolute atomic E-state index is 0.0549. The van der Waals surface area contributed by atoms with Crippen LogP contribution in [0.4, 0.5) is 8.78 Å². The average molecular weight is 511 g/mol. The molecule has 0 heterocycles. The monoisotopic (exact) mass is 510 g/mol. The van der Waals surface area contributed by atoms with E-state index in [1.807, 2.05) is 24.3 Å². The Bertz CT molecular complexity index is 919. The molecule has 2 aromatic rings. The number of halogens is 2. The summed E-state index contributed by atoms with van der Waals surface area (Å²) in [6.45, 7) is 6.26. The Kier molecular flexibility index (Phi) is 10.2. The Morgan fingerprint density at radius 1 is 0.730 bits per heavy atom. The van der Waals surface area contributed by atoms with Gasteiger partial charge in [-0.1, -0.05) is 94.5 Å². The third-order valence-corrected chi connectivity index (χ3v) is 9.41. The van der Waals surface area contributed by atoms with Crippen molar-refractivity contribution in [3.05, 3.63) is 70.8 Å². The molecule has 0 amide bonds. The van der Waals surface area contributed by atoms with Crippen molar-refractivity contribution in [3.63, 3.8) is 0 Å². The van der Waals surface area contributed by atoms with Crippen LogP contribution in [-0.4, -0.2) is 0 Å². The molecule has 1 unspecified atom stereocenters. The second kappa shape index (κ2) is 13.4. The summed E-state index contributed by atoms with van der Waals surface area (Å²) >= 11 is 0. The van der Waals surface area contributed by atoms with Gasteiger partial charge in [0.25, 0.3) is 0 Å². The Hall–Kier alpha value is -1.74. The van der Waals surface area contributed by atoms with E-state index in [2.05, 4.69) is 26.0 Å². The molecule has 2 aromatic carbocycles. The summed E-state index contributed by atoms with van der Waals surface area (Å²) in [5.74, 6) is 2.83. The summed E-state index contributed by atoms with van der Waals surface area (Å²) in [6.07, 6.45) is 12.6. The largest absolute Gasteiger partial charge is 0.383 e. The first-order chi connectivity index (χ1) is 17.9. The Balaban J connectivity index is 1.29. The second-order valence-corrected chi connectivity index (χ2v) is 11.9. The van der Waals surface area contributed by atoms with Gasteiger partial charge in [0.2, 0.25) is 0 Å². The van der Waals surface area contributed by atoms with E-state index in [-0.39, 0.29) is 5.56 Å². The van der Waals surface area contributed by atoms with E-state index < -0.39 is 12.2 Å². The summed E-state index contributed by atoms with van der Waals surface area (Å²) in [6, 6.07) is 15.2. The zero-order valence-electron chi connectivity index (χ0n) is 23.4. The fourth-order valence-corrected chi connectivity index (χ4v) is 6.72. The smallest absolute Gasteiger partial charge is 0.309 e. The molecule has 0 N–H and O–H groups in total. The molecule has 0 aromatic heterocycles. The van der Waals surface area contributed by atoms with Crippen molar-refractivity contribution in [2.75, 3.05) is 0 Å². The number of alkyl halides is 2. The lowest BCUT2D eigenvalue weighted by molar-refractivity contribution is -0.272. The molecule has 3 heteroatoms. The van der Waals surface area contributed by atoms with Crippen LogP contribution in [0.5, 0.6) is 0 Å². The van der Waals surface area contributed by atoms with Gasteiger partial charge >= 0.3 is 6.11 Å². The van der Waals surface area contributed by atoms with Gasteiger partial charge in [-0.05, 0) is 98.7 Å². The van der Waals surface area contributed by atoms with Crippen molar-refractivity contribution in [2.24, 2.45) is 11.8 Å². The number of rotatable bonds is 11. The van der Waals surface area contributed by atoms with E-state index in [0.717, 1.165) is 17.4 Å². The first kappa shape index (κ1) is 28.3. The lowest BCUT2D eigenvalue weighted by Gasteiger charge is -2.29. The van der Waals surface area contributed by atoms with Crippen LogP contribution in [0.2, 0.25) is 0 Å². The number of hydrogen-bond acceptors (Lipinski definition) is 1. The highest BCUT2D eigenvalue weighted by atomic mass is 19.3. The van der Waals surface area contributed by atoms with Crippen molar-refractivity contribution >= 4 is 0 Å². The molecule has 0 aliphatic heterocycles. The molecule has 2 aliphatic carbocycles. The molecular weight excluding hydrogens is 462 g/mol. The summed E-state index contributed by atoms with van der Waals surface area (Å²) < 4.78 is 35.5. The fourth-order valence-electron chi connectivity index (χ4n) is 6.72. The van der Waals surface area contributed by atoms with Crippen LogP contribution in [0.25, 0.3) is 0 Å². The zero-order chi connectivity index (χ0) is 26.3. The minimum Gasteiger partial charge on any atom is -0.309 e. The van der Waals surface area contributed by atoms with Crippen LogP contribution in [-0.2, 0) is 10.8 Å². The lowest BCUT2D eigenvalue weighted by Crippen LogP contribution is -2.21. The van der Waals surface area contributed by atoms with E-state index in [4.69, 9.17) is 4.74 Å². The third-order valence-electron chi connectivity index (χ3n) is 9.41. The fraction of sp³-hybridized carbons (Fsp3) is 0.647. The van der Waals surface area contributed by atoms with Gasteiger partial charge in [0, 0.05) is 0 Å². The standard InChI is InChI=1S/C34H48F2O/c1-4-6-7-8-27-11-15-30(16-12-27)32-21-23-33(24-22-32)34(35,36)37-25(3)28-17-19-31(20-18-28)29-13-9-26(5-2)10-14-29/h17-27,29-30H,4-16H2,1-3H3. The molecule has 1 nitrogen and oxygen atoms in total. The summed E-state index contributed by atoms with van der Waals surface area (Å²) in [5.41, 5.74) is 3.28. The molecule has 4 rings (SSSR count). The van der Waals surface area contributed by atoms with Crippen LogP contribution < -0.4 is 0 Å². The minimum atomic E-state index is -3.31. The molecule has 0 radical (unpaired) electrons. The van der Waals surface area contributed by atoms with E-state index in [1.165, 1.54) is 94.6 Å². The van der Waals surface area contributed by atoms with Crippen molar-refractivity contribution in [1.82, 2.24) is 0 Å². The number of unbranched alkanes of at least 4 members (excludes halogenated alkanes) is 2. The van der Waals surface area contributed by atoms with Crippen molar-refractivity contribution in [3.8, 4) is 0 Å². The van der Waals surface area contributed by atoms with Crippen molar-refractivity contribution in [1.29, 1.82) is 0 Å². The molecule has 204 valence electrons. The molecule has 37 heavy (non-hydrogen) atoms. The van der Waals surface area contributed by atoms with E-state index in [9.17, 15) is 0 Å². The normalized spacial score (nSPS) is 25.6. The molecule has 2 fully saturated rings. The van der Waals surface area contributed by atoms with Gasteiger partial charge < -0.3 is 4.74 Å². The van der Waals surface area contributed by atoms with Gasteiger partial charge in [0.15, 0.2) is 0 Å². The highest BCUT2D eigenvalue weighted by molar-refractivity contribution is 5.29. The number of benzene rings is 2. The molecule has 0 saturated heterocycles. The maximum absolute atomic E-state index is 15.1. The molecule has 2 aliphatic rings. The summed E-state index contributed by atoms with van der Waals surface area (Å²) in [5, 5.41) is 0. The summed E-state index contributed by atoms with van der Waals surface area (Å²) in [4.78, 5) is 0. The van der Waals surface area contributed by atoms with Gasteiger partial charge in [0.05, 0.1) is 11.7 Å². The lowest BCUT2D eigenvalue weighted by atomic mass is 9.77. The van der Waals surface area contributed by atoms with E-state index in [0.29, 0.717) is 11.8 Å². The SMILES string of the molecule is CCCCCC1CCC(c2ccc(C(F)(F)OC(C)c3ccc(C4CCC(CC)CC4)cc3)cc2)CC1. The highest BCUT2D eigenvalue weighted by Crippen LogP contribution is 2.41. The predicted molar refractivity (Wildman–Crippen MR) is 150 cm³/mol. The van der Waals surface area contributed by atoms with Gasteiger partial charge in [0.1, 0.15) is 0 Å². The molecule has 0 bridgehead atoms.